The van der Waals surface area contributed by atoms with Gasteiger partial charge in [0.05, 0.1) is 13.2 Å². The Morgan fingerprint density at radius 2 is 1.66 bits per heavy atom. The molecular formula is C34H43ClN2O4. The summed E-state index contributed by atoms with van der Waals surface area (Å²) in [5.41, 5.74) is 6.31. The number of likely N-dealkylation sites (tertiary alicyclic amines) is 1. The van der Waals surface area contributed by atoms with E-state index < -0.39 is 0 Å². The highest BCUT2D eigenvalue weighted by atomic mass is 35.5. The highest BCUT2D eigenvalue weighted by molar-refractivity contribution is 6.30. The number of halogens is 1. The van der Waals surface area contributed by atoms with E-state index in [9.17, 15) is 4.79 Å². The Morgan fingerprint density at radius 1 is 0.976 bits per heavy atom. The average Bonchev–Trinajstić information content (AvgIpc) is 3.64. The maximum Gasteiger partial charge on any atom is 0.231 e. The average molecular weight is 579 g/mol. The van der Waals surface area contributed by atoms with Gasteiger partial charge in [-0.2, -0.15) is 0 Å². The molecule has 0 aliphatic carbocycles. The fourth-order valence-corrected chi connectivity index (χ4v) is 5.94. The number of unbranched alkanes of at least 4 members (excludes halogenated alkanes) is 1. The second-order valence-electron chi connectivity index (χ2n) is 10.5. The zero-order chi connectivity index (χ0) is 29.2. The number of ether oxygens (including phenoxy) is 3. The molecule has 3 aromatic rings. The summed E-state index contributed by atoms with van der Waals surface area (Å²) in [4.78, 5) is 13.5. The van der Waals surface area contributed by atoms with Crippen LogP contribution in [-0.2, 0) is 17.6 Å². The minimum absolute atomic E-state index is 0.227. The fourth-order valence-electron chi connectivity index (χ4n) is 5.68. The van der Waals surface area contributed by atoms with E-state index in [0.717, 1.165) is 73.8 Å². The van der Waals surface area contributed by atoms with Gasteiger partial charge in [0.25, 0.3) is 0 Å². The monoisotopic (exact) mass is 578 g/mol. The first-order valence-corrected chi connectivity index (χ1v) is 15.2. The van der Waals surface area contributed by atoms with Crippen LogP contribution in [-0.4, -0.2) is 44.7 Å². The van der Waals surface area contributed by atoms with E-state index >= 15 is 0 Å². The first-order valence-electron chi connectivity index (χ1n) is 14.8. The van der Waals surface area contributed by atoms with Crippen molar-refractivity contribution in [1.29, 1.82) is 0 Å². The van der Waals surface area contributed by atoms with Gasteiger partial charge < -0.3 is 24.3 Å². The number of fused-ring (bicyclic) bond motifs is 1. The highest BCUT2D eigenvalue weighted by Crippen LogP contribution is 2.43. The fraction of sp³-hybridized carbons (Fsp3) is 0.441. The summed E-state index contributed by atoms with van der Waals surface area (Å²) in [5.74, 6) is 2.89. The second-order valence-corrected chi connectivity index (χ2v) is 10.9. The van der Waals surface area contributed by atoms with Crippen LogP contribution in [0.2, 0.25) is 5.02 Å². The lowest BCUT2D eigenvalue weighted by Gasteiger charge is -2.22. The molecule has 0 radical (unpaired) electrons. The molecule has 0 spiro atoms. The first kappa shape index (κ1) is 30.7. The van der Waals surface area contributed by atoms with Gasteiger partial charge in [-0.3, -0.25) is 4.90 Å². The largest absolute Gasteiger partial charge is 0.494 e. The van der Waals surface area contributed by atoms with Crippen LogP contribution in [0.15, 0.2) is 54.6 Å². The van der Waals surface area contributed by atoms with Crippen molar-refractivity contribution >= 4 is 23.6 Å². The lowest BCUT2D eigenvalue weighted by atomic mass is 9.93. The van der Waals surface area contributed by atoms with Crippen LogP contribution in [0.4, 0.5) is 5.69 Å². The summed E-state index contributed by atoms with van der Waals surface area (Å²) in [6, 6.07) is 18.8. The van der Waals surface area contributed by atoms with Crippen molar-refractivity contribution in [2.75, 3.05) is 38.9 Å². The number of nitrogens with zero attached hydrogens (tertiary/aromatic N) is 1. The Bertz CT molecular complexity index is 1260. The summed E-state index contributed by atoms with van der Waals surface area (Å²) in [6.45, 7) is 8.79. The van der Waals surface area contributed by atoms with Crippen molar-refractivity contribution in [3.8, 4) is 17.2 Å². The van der Waals surface area contributed by atoms with Crippen LogP contribution in [0.5, 0.6) is 17.2 Å². The molecule has 1 fully saturated rings. The molecule has 2 aliphatic heterocycles. The standard InChI is InChI=1S/C23H27NO4.C11H16ClN/c1-2-3-12-26-20-7-4-17(5-8-20)21-13-19(15-24(21)10-11-25)18-6-9-22-23(14-18)28-16-27-22;1-4-8-6-10(12)7-9(5-2)11(8)13-3/h4-9,11,14,19,21H,2-3,10,12-13,15-16H2,1H3;6-7,13H,4-5H2,1-3H3. The number of benzene rings is 3. The molecule has 0 bridgehead atoms. The van der Waals surface area contributed by atoms with Gasteiger partial charge in [-0.15, -0.1) is 0 Å². The van der Waals surface area contributed by atoms with E-state index in [2.05, 4.69) is 55.3 Å². The van der Waals surface area contributed by atoms with Crippen molar-refractivity contribution < 1.29 is 19.0 Å². The minimum atomic E-state index is 0.227. The smallest absolute Gasteiger partial charge is 0.231 e. The van der Waals surface area contributed by atoms with Crippen molar-refractivity contribution in [1.82, 2.24) is 4.90 Å². The van der Waals surface area contributed by atoms with Crippen molar-refractivity contribution in [2.24, 2.45) is 0 Å². The summed E-state index contributed by atoms with van der Waals surface area (Å²) >= 11 is 6.01. The normalized spacial score (nSPS) is 17.6. The Balaban J connectivity index is 0.000000251. The molecule has 2 atom stereocenters. The Kier molecular flexibility index (Phi) is 11.3. The topological polar surface area (TPSA) is 60.0 Å². The van der Waals surface area contributed by atoms with E-state index in [0.29, 0.717) is 12.5 Å². The highest BCUT2D eigenvalue weighted by Gasteiger charge is 2.34. The van der Waals surface area contributed by atoms with Crippen LogP contribution in [0.25, 0.3) is 0 Å². The van der Waals surface area contributed by atoms with E-state index in [1.165, 1.54) is 27.9 Å². The third kappa shape index (κ3) is 7.75. The molecular weight excluding hydrogens is 536 g/mol. The molecule has 1 saturated heterocycles. The van der Waals surface area contributed by atoms with E-state index in [1.54, 1.807) is 0 Å². The number of rotatable bonds is 11. The van der Waals surface area contributed by atoms with Crippen molar-refractivity contribution in [3.63, 3.8) is 0 Å². The number of hydrogen-bond acceptors (Lipinski definition) is 6. The molecule has 5 rings (SSSR count). The number of nitrogens with one attached hydrogen (secondary N) is 1. The molecule has 41 heavy (non-hydrogen) atoms. The van der Waals surface area contributed by atoms with Crippen molar-refractivity contribution in [2.45, 2.75) is 64.8 Å². The molecule has 220 valence electrons. The van der Waals surface area contributed by atoms with Gasteiger partial charge >= 0.3 is 0 Å². The van der Waals surface area contributed by atoms with Crippen LogP contribution in [0.1, 0.15) is 74.2 Å². The lowest BCUT2D eigenvalue weighted by molar-refractivity contribution is -0.109. The number of carbonyl (C=O) groups excluding carboxylic acids is 1. The van der Waals surface area contributed by atoms with Gasteiger partial charge in [0, 0.05) is 30.3 Å². The van der Waals surface area contributed by atoms with E-state index in [-0.39, 0.29) is 12.8 Å². The SMILES string of the molecule is CCCCOc1ccc(C2CC(c3ccc4c(c3)OCO4)CN2CC=O)cc1.CCc1cc(Cl)cc(CC)c1NC. The number of anilines is 1. The zero-order valence-electron chi connectivity index (χ0n) is 24.8. The predicted molar refractivity (Wildman–Crippen MR) is 167 cm³/mol. The lowest BCUT2D eigenvalue weighted by Crippen LogP contribution is -2.25. The predicted octanol–water partition coefficient (Wildman–Crippen LogP) is 7.83. The number of carbonyl (C=O) groups is 1. The number of hydrogen-bond donors (Lipinski definition) is 1. The third-order valence-electron chi connectivity index (χ3n) is 7.89. The van der Waals surface area contributed by atoms with Crippen LogP contribution in [0.3, 0.4) is 0 Å². The zero-order valence-corrected chi connectivity index (χ0v) is 25.5. The third-order valence-corrected chi connectivity index (χ3v) is 8.11. The Labute approximate surface area is 249 Å². The number of aryl methyl sites for hydroxylation is 2. The van der Waals surface area contributed by atoms with E-state index in [1.807, 2.05) is 37.4 Å². The Morgan fingerprint density at radius 3 is 2.29 bits per heavy atom. The Hall–Kier alpha value is -3.22. The van der Waals surface area contributed by atoms with Crippen LogP contribution < -0.4 is 19.5 Å². The van der Waals surface area contributed by atoms with Gasteiger partial charge in [-0.05, 0) is 90.3 Å². The molecule has 0 amide bonds. The van der Waals surface area contributed by atoms with Gasteiger partial charge in [-0.1, -0.05) is 57.0 Å². The van der Waals surface area contributed by atoms with Gasteiger partial charge in [0.2, 0.25) is 6.79 Å². The maximum absolute atomic E-state index is 11.2. The molecule has 0 aromatic heterocycles. The number of aldehydes is 1. The molecule has 1 N–H and O–H groups in total. The second kappa shape index (κ2) is 15.1. The summed E-state index contributed by atoms with van der Waals surface area (Å²) in [7, 11) is 1.96. The molecule has 2 aliphatic rings. The molecule has 3 aromatic carbocycles. The van der Waals surface area contributed by atoms with Crippen LogP contribution >= 0.6 is 11.6 Å². The van der Waals surface area contributed by atoms with Crippen LogP contribution in [0, 0.1) is 0 Å². The minimum Gasteiger partial charge on any atom is -0.494 e. The molecule has 2 heterocycles. The molecule has 6 nitrogen and oxygen atoms in total. The van der Waals surface area contributed by atoms with Gasteiger partial charge in [0.1, 0.15) is 12.0 Å². The molecule has 2 unspecified atom stereocenters. The summed E-state index contributed by atoms with van der Waals surface area (Å²) < 4.78 is 16.7. The van der Waals surface area contributed by atoms with Gasteiger partial charge in [0.15, 0.2) is 11.5 Å². The summed E-state index contributed by atoms with van der Waals surface area (Å²) in [6.07, 6.45) is 6.20. The van der Waals surface area contributed by atoms with Gasteiger partial charge in [-0.25, -0.2) is 0 Å². The van der Waals surface area contributed by atoms with E-state index in [4.69, 9.17) is 25.8 Å². The van der Waals surface area contributed by atoms with Crippen molar-refractivity contribution in [3.05, 3.63) is 81.9 Å². The summed E-state index contributed by atoms with van der Waals surface area (Å²) in [5, 5.41) is 4.08. The molecule has 7 heteroatoms. The molecule has 0 saturated carbocycles. The maximum atomic E-state index is 11.2. The first-order chi connectivity index (χ1) is 20.0. The quantitative estimate of drug-likeness (QED) is 0.185.